The summed E-state index contributed by atoms with van der Waals surface area (Å²) < 4.78 is 12.5. The molecular weight excluding hydrogens is 252 g/mol. The summed E-state index contributed by atoms with van der Waals surface area (Å²) in [6.07, 6.45) is 8.46. The second-order valence-corrected chi connectivity index (χ2v) is 9.44. The molecule has 2 aliphatic carbocycles. The predicted octanol–water partition coefficient (Wildman–Crippen LogP) is 4.70. The van der Waals surface area contributed by atoms with E-state index >= 15 is 0 Å². The van der Waals surface area contributed by atoms with Crippen molar-refractivity contribution < 1.29 is 4.21 Å². The first kappa shape index (κ1) is 15.3. The van der Waals surface area contributed by atoms with E-state index < -0.39 is 10.8 Å². The smallest absolute Gasteiger partial charge is 0.0409 e. The molecule has 0 aromatic rings. The van der Waals surface area contributed by atoms with Gasteiger partial charge < -0.3 is 0 Å². The first-order valence-corrected chi connectivity index (χ1v) is 9.22. The van der Waals surface area contributed by atoms with E-state index in [2.05, 4.69) is 40.7 Å². The Kier molecular flexibility index (Phi) is 4.30. The zero-order valence-corrected chi connectivity index (χ0v) is 14.1. The summed E-state index contributed by atoms with van der Waals surface area (Å²) in [5.41, 5.74) is 2.18. The lowest BCUT2D eigenvalue weighted by Gasteiger charge is -2.41. The molecular formula is C17H30OS. The maximum absolute atomic E-state index is 12.5. The van der Waals surface area contributed by atoms with Crippen LogP contribution in [0.2, 0.25) is 0 Å². The van der Waals surface area contributed by atoms with Crippen molar-refractivity contribution in [3.05, 3.63) is 11.6 Å². The van der Waals surface area contributed by atoms with Crippen LogP contribution in [0.15, 0.2) is 11.6 Å². The minimum Gasteiger partial charge on any atom is -0.259 e. The highest BCUT2D eigenvalue weighted by molar-refractivity contribution is 7.85. The van der Waals surface area contributed by atoms with Crippen LogP contribution >= 0.6 is 0 Å². The van der Waals surface area contributed by atoms with Gasteiger partial charge in [-0.1, -0.05) is 39.3 Å². The van der Waals surface area contributed by atoms with Crippen LogP contribution in [-0.2, 0) is 10.8 Å². The lowest BCUT2D eigenvalue weighted by atomic mass is 9.66. The lowest BCUT2D eigenvalue weighted by Crippen LogP contribution is -2.37. The van der Waals surface area contributed by atoms with Crippen LogP contribution in [0.4, 0.5) is 0 Å². The summed E-state index contributed by atoms with van der Waals surface area (Å²) in [4.78, 5) is 0. The van der Waals surface area contributed by atoms with Crippen LogP contribution in [0.5, 0.6) is 0 Å². The molecule has 0 bridgehead atoms. The molecule has 4 atom stereocenters. The molecule has 1 fully saturated rings. The molecule has 1 saturated carbocycles. The third-order valence-corrected chi connectivity index (χ3v) is 7.70. The van der Waals surface area contributed by atoms with Crippen LogP contribution < -0.4 is 0 Å². The van der Waals surface area contributed by atoms with Crippen LogP contribution in [-0.4, -0.2) is 15.2 Å². The minimum absolute atomic E-state index is 0.279. The number of hydrogen-bond acceptors (Lipinski definition) is 1. The van der Waals surface area contributed by atoms with Crippen LogP contribution in [0.1, 0.15) is 66.7 Å². The molecule has 0 aromatic carbocycles. The fourth-order valence-electron chi connectivity index (χ4n) is 4.72. The SMILES string of the molecule is CCS(=O)C1CC(C)(C)[C@H]2CC/C(C)=C\CC[C@]12C. The average molecular weight is 282 g/mol. The zero-order valence-electron chi connectivity index (χ0n) is 13.3. The van der Waals surface area contributed by atoms with Gasteiger partial charge in [-0.25, -0.2) is 0 Å². The Labute approximate surface area is 121 Å². The summed E-state index contributed by atoms with van der Waals surface area (Å²) in [5, 5.41) is 0.407. The van der Waals surface area contributed by atoms with E-state index in [1.807, 2.05) is 0 Å². The van der Waals surface area contributed by atoms with Crippen molar-refractivity contribution in [2.75, 3.05) is 5.75 Å². The van der Waals surface area contributed by atoms with Gasteiger partial charge in [-0.2, -0.15) is 0 Å². The largest absolute Gasteiger partial charge is 0.259 e. The normalized spacial score (nSPS) is 42.7. The Morgan fingerprint density at radius 3 is 2.68 bits per heavy atom. The summed E-state index contributed by atoms with van der Waals surface area (Å²) in [5.74, 6) is 1.54. The van der Waals surface area contributed by atoms with E-state index in [9.17, 15) is 4.21 Å². The van der Waals surface area contributed by atoms with Crippen molar-refractivity contribution in [2.24, 2.45) is 16.7 Å². The van der Waals surface area contributed by atoms with Crippen LogP contribution in [0.25, 0.3) is 0 Å². The number of rotatable bonds is 2. The molecule has 0 radical (unpaired) electrons. The molecule has 2 unspecified atom stereocenters. The molecule has 0 spiro atoms. The minimum atomic E-state index is -0.649. The van der Waals surface area contributed by atoms with Gasteiger partial charge in [0.05, 0.1) is 0 Å². The van der Waals surface area contributed by atoms with Gasteiger partial charge in [0, 0.05) is 21.8 Å². The maximum atomic E-state index is 12.5. The maximum Gasteiger partial charge on any atom is 0.0409 e. The monoisotopic (exact) mass is 282 g/mol. The molecule has 0 aliphatic heterocycles. The second kappa shape index (κ2) is 5.35. The Morgan fingerprint density at radius 1 is 1.37 bits per heavy atom. The lowest BCUT2D eigenvalue weighted by molar-refractivity contribution is 0.120. The van der Waals surface area contributed by atoms with Crippen LogP contribution in [0.3, 0.4) is 0 Å². The van der Waals surface area contributed by atoms with Gasteiger partial charge in [0.25, 0.3) is 0 Å². The number of hydrogen-bond donors (Lipinski definition) is 0. The third kappa shape index (κ3) is 2.70. The first-order chi connectivity index (χ1) is 8.81. The molecule has 2 aliphatic rings. The van der Waals surface area contributed by atoms with Crippen molar-refractivity contribution in [1.29, 1.82) is 0 Å². The quantitative estimate of drug-likeness (QED) is 0.671. The van der Waals surface area contributed by atoms with Crippen molar-refractivity contribution in [3.63, 3.8) is 0 Å². The highest BCUT2D eigenvalue weighted by Crippen LogP contribution is 2.60. The van der Waals surface area contributed by atoms with Crippen molar-refractivity contribution in [3.8, 4) is 0 Å². The Balaban J connectivity index is 2.35. The summed E-state index contributed by atoms with van der Waals surface area (Å²) in [7, 11) is -0.649. The van der Waals surface area contributed by atoms with Crippen molar-refractivity contribution in [1.82, 2.24) is 0 Å². The van der Waals surface area contributed by atoms with Gasteiger partial charge in [0.2, 0.25) is 0 Å². The molecule has 2 rings (SSSR count). The summed E-state index contributed by atoms with van der Waals surface area (Å²) in [6, 6.07) is 0. The van der Waals surface area contributed by atoms with Gasteiger partial charge in [0.15, 0.2) is 0 Å². The molecule has 0 aromatic heterocycles. The van der Waals surface area contributed by atoms with Crippen LogP contribution in [0, 0.1) is 16.7 Å². The first-order valence-electron chi connectivity index (χ1n) is 7.84. The van der Waals surface area contributed by atoms with E-state index in [-0.39, 0.29) is 5.41 Å². The summed E-state index contributed by atoms with van der Waals surface area (Å²) >= 11 is 0. The molecule has 110 valence electrons. The molecule has 0 N–H and O–H groups in total. The van der Waals surface area contributed by atoms with Crippen molar-refractivity contribution in [2.45, 2.75) is 72.0 Å². The average Bonchev–Trinajstić information content (AvgIpc) is 2.51. The molecule has 0 heterocycles. The van der Waals surface area contributed by atoms with E-state index in [0.29, 0.717) is 10.7 Å². The molecule has 0 saturated heterocycles. The van der Waals surface area contributed by atoms with Gasteiger partial charge in [-0.15, -0.1) is 0 Å². The third-order valence-electron chi connectivity index (χ3n) is 5.79. The molecule has 19 heavy (non-hydrogen) atoms. The van der Waals surface area contributed by atoms with Gasteiger partial charge >= 0.3 is 0 Å². The second-order valence-electron chi connectivity index (χ2n) is 7.54. The van der Waals surface area contributed by atoms with E-state index in [4.69, 9.17) is 0 Å². The van der Waals surface area contributed by atoms with E-state index in [0.717, 1.165) is 18.1 Å². The van der Waals surface area contributed by atoms with Gasteiger partial charge in [-0.05, 0) is 55.8 Å². The summed E-state index contributed by atoms with van der Waals surface area (Å²) in [6.45, 7) is 11.6. The topological polar surface area (TPSA) is 17.1 Å². The fraction of sp³-hybridized carbons (Fsp3) is 0.882. The number of allylic oxidation sites excluding steroid dienone is 2. The van der Waals surface area contributed by atoms with Gasteiger partial charge in [-0.3, -0.25) is 4.21 Å². The van der Waals surface area contributed by atoms with Crippen molar-refractivity contribution >= 4 is 10.8 Å². The van der Waals surface area contributed by atoms with Gasteiger partial charge in [0.1, 0.15) is 0 Å². The Morgan fingerprint density at radius 2 is 2.05 bits per heavy atom. The fourth-order valence-corrected chi connectivity index (χ4v) is 6.62. The number of fused-ring (bicyclic) bond motifs is 1. The Bertz CT molecular complexity index is 396. The van der Waals surface area contributed by atoms with E-state index in [1.54, 1.807) is 5.57 Å². The zero-order chi connectivity index (χ0) is 14.3. The highest BCUT2D eigenvalue weighted by Gasteiger charge is 2.56. The molecule has 1 nitrogen and oxygen atoms in total. The predicted molar refractivity (Wildman–Crippen MR) is 84.7 cm³/mol. The molecule has 2 heteroatoms. The standard InChI is InChI=1S/C17H30OS/c1-6-19(18)15-12-16(3,4)14-10-9-13(2)8-7-11-17(14,15)5/h8,14-15H,6-7,9-12H2,1-5H3/b13-8-/t14-,15?,17+,19?/m1/s1. The highest BCUT2D eigenvalue weighted by atomic mass is 32.2. The molecule has 0 amide bonds. The Hall–Kier alpha value is -0.110. The van der Waals surface area contributed by atoms with E-state index in [1.165, 1.54) is 25.7 Å².